The van der Waals surface area contributed by atoms with E-state index in [0.29, 0.717) is 18.2 Å². The van der Waals surface area contributed by atoms with Gasteiger partial charge in [0, 0.05) is 4.88 Å². The predicted molar refractivity (Wildman–Crippen MR) is 86.0 cm³/mol. The fourth-order valence-electron chi connectivity index (χ4n) is 2.21. The summed E-state index contributed by atoms with van der Waals surface area (Å²) >= 11 is 7.14. The fraction of sp³-hybridized carbons (Fsp3) is 0.200. The van der Waals surface area contributed by atoms with Crippen molar-refractivity contribution in [1.82, 2.24) is 4.90 Å². The average Bonchev–Trinajstić information content (AvgIpc) is 3.02. The highest BCUT2D eigenvalue weighted by molar-refractivity contribution is 7.80. The molecule has 102 valence electrons. The number of thiocarbonyl (C=S) groups is 1. The van der Waals surface area contributed by atoms with Crippen LogP contribution < -0.4 is 4.90 Å². The molecule has 0 bridgehead atoms. The van der Waals surface area contributed by atoms with Gasteiger partial charge in [-0.2, -0.15) is 0 Å². The van der Waals surface area contributed by atoms with E-state index >= 15 is 0 Å². The molecule has 0 radical (unpaired) electrons. The van der Waals surface area contributed by atoms with E-state index in [-0.39, 0.29) is 5.91 Å². The molecule has 1 amide bonds. The Morgan fingerprint density at radius 3 is 2.65 bits per heavy atom. The van der Waals surface area contributed by atoms with Crippen molar-refractivity contribution >= 4 is 40.3 Å². The lowest BCUT2D eigenvalue weighted by Gasteiger charge is -2.19. The number of hydrogen-bond donors (Lipinski definition) is 0. The lowest BCUT2D eigenvalue weighted by atomic mass is 10.2. The Morgan fingerprint density at radius 2 is 2.00 bits per heavy atom. The zero-order chi connectivity index (χ0) is 14.1. The van der Waals surface area contributed by atoms with Crippen LogP contribution in [-0.4, -0.2) is 22.5 Å². The summed E-state index contributed by atoms with van der Waals surface area (Å²) in [6.07, 6.45) is 0. The van der Waals surface area contributed by atoms with Gasteiger partial charge in [-0.3, -0.25) is 9.69 Å². The average molecular weight is 302 g/mol. The maximum absolute atomic E-state index is 12.2. The third-order valence-electron chi connectivity index (χ3n) is 3.26. The van der Waals surface area contributed by atoms with Gasteiger partial charge in [0.15, 0.2) is 5.11 Å². The number of amides is 1. The number of rotatable bonds is 3. The molecule has 1 aliphatic rings. The van der Waals surface area contributed by atoms with E-state index in [2.05, 4.69) is 6.07 Å². The molecule has 5 heteroatoms. The molecule has 3 rings (SSSR count). The van der Waals surface area contributed by atoms with Gasteiger partial charge in [-0.05, 0) is 42.7 Å². The van der Waals surface area contributed by atoms with Gasteiger partial charge in [-0.1, -0.05) is 23.8 Å². The van der Waals surface area contributed by atoms with Crippen molar-refractivity contribution in [3.8, 4) is 0 Å². The molecule has 0 N–H and O–H groups in total. The van der Waals surface area contributed by atoms with Crippen molar-refractivity contribution < 1.29 is 4.79 Å². The Balaban J connectivity index is 1.81. The molecule has 0 aliphatic carbocycles. The number of benzene rings is 1. The van der Waals surface area contributed by atoms with Crippen LogP contribution >= 0.6 is 23.6 Å². The predicted octanol–water partition coefficient (Wildman–Crippen LogP) is 3.19. The summed E-state index contributed by atoms with van der Waals surface area (Å²) in [6.45, 7) is 3.08. The SMILES string of the molecule is Cc1ccc(N2C(=O)CN(Cc3cccs3)C2=S)cc1. The Kier molecular flexibility index (Phi) is 3.54. The molecule has 1 aromatic heterocycles. The largest absolute Gasteiger partial charge is 0.334 e. The number of nitrogens with zero attached hydrogens (tertiary/aromatic N) is 2. The molecule has 1 aliphatic heterocycles. The van der Waals surface area contributed by atoms with E-state index in [4.69, 9.17) is 12.2 Å². The van der Waals surface area contributed by atoms with E-state index < -0.39 is 0 Å². The van der Waals surface area contributed by atoms with E-state index in [0.717, 1.165) is 5.69 Å². The van der Waals surface area contributed by atoms with Crippen LogP contribution in [-0.2, 0) is 11.3 Å². The molecule has 3 nitrogen and oxygen atoms in total. The summed E-state index contributed by atoms with van der Waals surface area (Å²) in [7, 11) is 0. The van der Waals surface area contributed by atoms with Gasteiger partial charge in [0.2, 0.25) is 0 Å². The van der Waals surface area contributed by atoms with Crippen LogP contribution in [0.5, 0.6) is 0 Å². The van der Waals surface area contributed by atoms with Gasteiger partial charge in [0.25, 0.3) is 5.91 Å². The van der Waals surface area contributed by atoms with Crippen LogP contribution in [0.4, 0.5) is 5.69 Å². The lowest BCUT2D eigenvalue weighted by Crippen LogP contribution is -2.32. The minimum atomic E-state index is 0.0374. The van der Waals surface area contributed by atoms with Gasteiger partial charge in [-0.25, -0.2) is 0 Å². The van der Waals surface area contributed by atoms with Crippen molar-refractivity contribution in [3.63, 3.8) is 0 Å². The monoisotopic (exact) mass is 302 g/mol. The van der Waals surface area contributed by atoms with E-state index in [1.165, 1.54) is 10.4 Å². The van der Waals surface area contributed by atoms with Gasteiger partial charge < -0.3 is 4.90 Å². The van der Waals surface area contributed by atoms with Crippen LogP contribution in [0.1, 0.15) is 10.4 Å². The molecule has 1 saturated heterocycles. The standard InChI is InChI=1S/C15H14N2OS2/c1-11-4-6-12(7-5-11)17-14(18)10-16(15(17)19)9-13-3-2-8-20-13/h2-8H,9-10H2,1H3. The summed E-state index contributed by atoms with van der Waals surface area (Å²) in [5.74, 6) is 0.0374. The van der Waals surface area contributed by atoms with E-state index in [9.17, 15) is 4.79 Å². The summed E-state index contributed by atoms with van der Waals surface area (Å²) in [6, 6.07) is 11.9. The minimum Gasteiger partial charge on any atom is -0.334 e. The van der Waals surface area contributed by atoms with Gasteiger partial charge in [-0.15, -0.1) is 11.3 Å². The highest BCUT2D eigenvalue weighted by Crippen LogP contribution is 2.24. The first-order valence-corrected chi connectivity index (χ1v) is 7.65. The second-order valence-electron chi connectivity index (χ2n) is 4.78. The summed E-state index contributed by atoms with van der Waals surface area (Å²) in [5.41, 5.74) is 2.01. The Labute approximate surface area is 127 Å². The van der Waals surface area contributed by atoms with Crippen LogP contribution in [0.15, 0.2) is 41.8 Å². The summed E-state index contributed by atoms with van der Waals surface area (Å²) < 4.78 is 0. The second kappa shape index (κ2) is 5.34. The molecule has 2 heterocycles. The highest BCUT2D eigenvalue weighted by Gasteiger charge is 2.33. The van der Waals surface area contributed by atoms with Crippen LogP contribution in [0, 0.1) is 6.92 Å². The third kappa shape index (κ3) is 2.46. The highest BCUT2D eigenvalue weighted by atomic mass is 32.1. The zero-order valence-corrected chi connectivity index (χ0v) is 12.7. The first-order valence-electron chi connectivity index (χ1n) is 6.36. The maximum atomic E-state index is 12.2. The third-order valence-corrected chi connectivity index (χ3v) is 4.56. The number of carbonyl (C=O) groups excluding carboxylic acids is 1. The topological polar surface area (TPSA) is 23.6 Å². The summed E-state index contributed by atoms with van der Waals surface area (Å²) in [5, 5.41) is 2.63. The number of carbonyl (C=O) groups is 1. The van der Waals surface area contributed by atoms with Gasteiger partial charge >= 0.3 is 0 Å². The number of aryl methyl sites for hydroxylation is 1. The van der Waals surface area contributed by atoms with Crippen molar-refractivity contribution in [3.05, 3.63) is 52.2 Å². The number of thiophene rings is 1. The van der Waals surface area contributed by atoms with Gasteiger partial charge in [0.1, 0.15) is 6.54 Å². The van der Waals surface area contributed by atoms with Crippen LogP contribution in [0.2, 0.25) is 0 Å². The normalized spacial score (nSPS) is 15.2. The van der Waals surface area contributed by atoms with Crippen molar-refractivity contribution in [1.29, 1.82) is 0 Å². The smallest absolute Gasteiger partial charge is 0.252 e. The Hall–Kier alpha value is -1.72. The lowest BCUT2D eigenvalue weighted by molar-refractivity contribution is -0.116. The maximum Gasteiger partial charge on any atom is 0.252 e. The molecular weight excluding hydrogens is 288 g/mol. The minimum absolute atomic E-state index is 0.0374. The van der Waals surface area contributed by atoms with E-state index in [1.807, 2.05) is 47.5 Å². The Morgan fingerprint density at radius 1 is 1.25 bits per heavy atom. The van der Waals surface area contributed by atoms with Crippen LogP contribution in [0.25, 0.3) is 0 Å². The second-order valence-corrected chi connectivity index (χ2v) is 6.18. The molecule has 0 atom stereocenters. The summed E-state index contributed by atoms with van der Waals surface area (Å²) in [4.78, 5) is 17.0. The molecule has 1 fully saturated rings. The van der Waals surface area contributed by atoms with Gasteiger partial charge in [0.05, 0.1) is 12.2 Å². The molecule has 20 heavy (non-hydrogen) atoms. The molecule has 1 aromatic carbocycles. The first kappa shape index (κ1) is 13.3. The quantitative estimate of drug-likeness (QED) is 0.814. The Bertz CT molecular complexity index is 634. The fourth-order valence-corrected chi connectivity index (χ4v) is 3.27. The van der Waals surface area contributed by atoms with Crippen molar-refractivity contribution in [2.45, 2.75) is 13.5 Å². The zero-order valence-electron chi connectivity index (χ0n) is 11.1. The van der Waals surface area contributed by atoms with Crippen molar-refractivity contribution in [2.75, 3.05) is 11.4 Å². The molecular formula is C15H14N2OS2. The molecule has 0 spiro atoms. The molecule has 0 unspecified atom stereocenters. The van der Waals surface area contributed by atoms with Crippen molar-refractivity contribution in [2.24, 2.45) is 0 Å². The molecule has 0 saturated carbocycles. The van der Waals surface area contributed by atoms with E-state index in [1.54, 1.807) is 16.2 Å². The number of anilines is 1. The van der Waals surface area contributed by atoms with Crippen LogP contribution in [0.3, 0.4) is 0 Å². The number of hydrogen-bond acceptors (Lipinski definition) is 3. The first-order chi connectivity index (χ1) is 9.65. The molecule has 2 aromatic rings.